The van der Waals surface area contributed by atoms with Crippen LogP contribution in [0.4, 0.5) is 11.8 Å². The van der Waals surface area contributed by atoms with Crippen molar-refractivity contribution in [2.45, 2.75) is 26.2 Å². The smallest absolute Gasteiger partial charge is 0.224 e. The molecule has 0 radical (unpaired) electrons. The Morgan fingerprint density at radius 2 is 2.15 bits per heavy atom. The second-order valence-corrected chi connectivity index (χ2v) is 4.44. The molecule has 0 unspecified atom stereocenters. The summed E-state index contributed by atoms with van der Waals surface area (Å²) in [6, 6.07) is 5.70. The van der Waals surface area contributed by atoms with E-state index in [9.17, 15) is 0 Å². The van der Waals surface area contributed by atoms with Gasteiger partial charge in [0.2, 0.25) is 5.95 Å². The highest BCUT2D eigenvalue weighted by atomic mass is 15.1. The fourth-order valence-electron chi connectivity index (χ4n) is 1.86. The van der Waals surface area contributed by atoms with Gasteiger partial charge < -0.3 is 5.32 Å². The summed E-state index contributed by atoms with van der Waals surface area (Å²) < 4.78 is 0. The molecule has 5 nitrogen and oxygen atoms in total. The fraction of sp³-hybridized carbons (Fsp3) is 0.333. The van der Waals surface area contributed by atoms with E-state index in [2.05, 4.69) is 38.9 Å². The van der Waals surface area contributed by atoms with Crippen molar-refractivity contribution in [3.63, 3.8) is 0 Å². The third kappa shape index (κ3) is 3.60. The number of pyridine rings is 1. The summed E-state index contributed by atoms with van der Waals surface area (Å²) in [7, 11) is 0. The average molecular weight is 269 g/mol. The molecule has 0 fully saturated rings. The largest absolute Gasteiger partial charge is 0.354 e. The van der Waals surface area contributed by atoms with Crippen LogP contribution in [0.3, 0.4) is 0 Å². The molecule has 1 N–H and O–H groups in total. The lowest BCUT2D eigenvalue weighted by Crippen LogP contribution is -2.05. The second kappa shape index (κ2) is 7.33. The number of hydrogen-bond donors (Lipinski definition) is 1. The van der Waals surface area contributed by atoms with Gasteiger partial charge in [-0.3, -0.25) is 4.98 Å². The molecule has 0 bridgehead atoms. The number of rotatable bonds is 7. The van der Waals surface area contributed by atoms with Gasteiger partial charge in [-0.2, -0.15) is 4.98 Å². The highest BCUT2D eigenvalue weighted by Crippen LogP contribution is 2.26. The first-order valence-electron chi connectivity index (χ1n) is 6.84. The van der Waals surface area contributed by atoms with Gasteiger partial charge in [0.25, 0.3) is 0 Å². The Hall–Kier alpha value is -2.30. The monoisotopic (exact) mass is 269 g/mol. The minimum atomic E-state index is 0.552. The highest BCUT2D eigenvalue weighted by molar-refractivity contribution is 5.71. The van der Waals surface area contributed by atoms with Crippen LogP contribution in [0.1, 0.15) is 26.2 Å². The lowest BCUT2D eigenvalue weighted by molar-refractivity contribution is 0.740. The Kier molecular flexibility index (Phi) is 5.17. The van der Waals surface area contributed by atoms with Crippen LogP contribution in [0.15, 0.2) is 35.6 Å². The topological polar surface area (TPSA) is 63.1 Å². The maximum atomic E-state index is 4.37. The Labute approximate surface area is 119 Å². The van der Waals surface area contributed by atoms with Crippen molar-refractivity contribution < 1.29 is 0 Å². The zero-order valence-corrected chi connectivity index (χ0v) is 11.7. The molecule has 5 heteroatoms. The summed E-state index contributed by atoms with van der Waals surface area (Å²) in [6.07, 6.45) is 6.98. The molecule has 0 aromatic carbocycles. The van der Waals surface area contributed by atoms with Gasteiger partial charge in [-0.05, 0) is 25.3 Å². The minimum Gasteiger partial charge on any atom is -0.354 e. The van der Waals surface area contributed by atoms with Gasteiger partial charge in [0, 0.05) is 18.9 Å². The summed E-state index contributed by atoms with van der Waals surface area (Å²) in [4.78, 5) is 16.9. The molecule has 104 valence electrons. The van der Waals surface area contributed by atoms with Crippen LogP contribution >= 0.6 is 0 Å². The molecule has 2 aromatic heterocycles. The number of hydrogen-bond acceptors (Lipinski definition) is 5. The van der Waals surface area contributed by atoms with Crippen molar-refractivity contribution in [3.8, 4) is 11.3 Å². The van der Waals surface area contributed by atoms with E-state index < -0.39 is 0 Å². The maximum Gasteiger partial charge on any atom is 0.224 e. The molecule has 0 spiro atoms. The first-order chi connectivity index (χ1) is 9.85. The summed E-state index contributed by atoms with van der Waals surface area (Å²) in [5.41, 5.74) is 1.59. The average Bonchev–Trinajstić information content (AvgIpc) is 2.52. The number of anilines is 1. The van der Waals surface area contributed by atoms with Crippen molar-refractivity contribution in [3.05, 3.63) is 30.6 Å². The molecular weight excluding hydrogens is 250 g/mol. The molecule has 0 atom stereocenters. The minimum absolute atomic E-state index is 0.552. The Morgan fingerprint density at radius 1 is 1.25 bits per heavy atom. The van der Waals surface area contributed by atoms with Gasteiger partial charge in [0.05, 0.1) is 11.3 Å². The van der Waals surface area contributed by atoms with Crippen LogP contribution in [0.5, 0.6) is 0 Å². The number of unbranched alkanes of at least 4 members (excludes halogenated alkanes) is 2. The summed E-state index contributed by atoms with van der Waals surface area (Å²) >= 11 is 0. The van der Waals surface area contributed by atoms with Gasteiger partial charge in [-0.15, -0.1) is 0 Å². The number of aromatic nitrogens is 3. The molecule has 0 aliphatic carbocycles. The molecule has 0 saturated carbocycles. The molecule has 20 heavy (non-hydrogen) atoms. The van der Waals surface area contributed by atoms with E-state index in [1.165, 1.54) is 12.8 Å². The first kappa shape index (κ1) is 14.1. The molecule has 0 amide bonds. The molecule has 0 aliphatic rings. The van der Waals surface area contributed by atoms with E-state index in [1.54, 1.807) is 12.4 Å². The number of aliphatic imine (C=N–C) groups is 1. The van der Waals surface area contributed by atoms with E-state index in [4.69, 9.17) is 0 Å². The number of nitrogens with zero attached hydrogens (tertiary/aromatic N) is 4. The zero-order valence-electron chi connectivity index (χ0n) is 11.7. The summed E-state index contributed by atoms with van der Waals surface area (Å²) in [5, 5.41) is 3.20. The maximum absolute atomic E-state index is 4.37. The molecule has 2 heterocycles. The van der Waals surface area contributed by atoms with Crippen molar-refractivity contribution in [1.82, 2.24) is 15.0 Å². The lowest BCUT2D eigenvalue weighted by Gasteiger charge is -2.07. The molecule has 0 aliphatic heterocycles. The predicted molar refractivity (Wildman–Crippen MR) is 82.5 cm³/mol. The third-order valence-corrected chi connectivity index (χ3v) is 2.92. The standard InChI is InChI=1S/C15H19N5/c1-3-4-6-10-18-15-19-11-12(14(16-2)20-15)13-8-5-7-9-17-13/h5,7-9,11H,2-4,6,10H2,1H3,(H,18,19,20). The summed E-state index contributed by atoms with van der Waals surface area (Å²) in [6.45, 7) is 6.62. The molecule has 2 aromatic rings. The van der Waals surface area contributed by atoms with Gasteiger partial charge in [0.15, 0.2) is 5.82 Å². The van der Waals surface area contributed by atoms with Gasteiger partial charge >= 0.3 is 0 Å². The van der Waals surface area contributed by atoms with E-state index in [-0.39, 0.29) is 0 Å². The van der Waals surface area contributed by atoms with Crippen molar-refractivity contribution >= 4 is 18.5 Å². The van der Waals surface area contributed by atoms with Gasteiger partial charge in [-0.25, -0.2) is 9.98 Å². The lowest BCUT2D eigenvalue weighted by atomic mass is 10.2. The Bertz CT molecular complexity index is 553. The van der Waals surface area contributed by atoms with Crippen LogP contribution < -0.4 is 5.32 Å². The van der Waals surface area contributed by atoms with E-state index in [1.807, 2.05) is 18.2 Å². The van der Waals surface area contributed by atoms with Crippen molar-refractivity contribution in [1.29, 1.82) is 0 Å². The summed E-state index contributed by atoms with van der Waals surface area (Å²) in [5.74, 6) is 1.14. The SMILES string of the molecule is C=Nc1nc(NCCCCC)ncc1-c1ccccn1. The van der Waals surface area contributed by atoms with E-state index >= 15 is 0 Å². The van der Waals surface area contributed by atoms with Crippen molar-refractivity contribution in [2.75, 3.05) is 11.9 Å². The third-order valence-electron chi connectivity index (χ3n) is 2.92. The Balaban J connectivity index is 2.14. The molecule has 2 rings (SSSR count). The van der Waals surface area contributed by atoms with E-state index in [0.29, 0.717) is 11.8 Å². The second-order valence-electron chi connectivity index (χ2n) is 4.44. The molecular formula is C15H19N5. The van der Waals surface area contributed by atoms with Gasteiger partial charge in [0.1, 0.15) is 0 Å². The van der Waals surface area contributed by atoms with Crippen LogP contribution in [-0.2, 0) is 0 Å². The quantitative estimate of drug-likeness (QED) is 0.617. The fourth-order valence-corrected chi connectivity index (χ4v) is 1.86. The zero-order chi connectivity index (χ0) is 14.2. The van der Waals surface area contributed by atoms with E-state index in [0.717, 1.165) is 24.2 Å². The van der Waals surface area contributed by atoms with Crippen LogP contribution in [0, 0.1) is 0 Å². The highest BCUT2D eigenvalue weighted by Gasteiger charge is 2.08. The van der Waals surface area contributed by atoms with Crippen LogP contribution in [0.25, 0.3) is 11.3 Å². The van der Waals surface area contributed by atoms with Gasteiger partial charge in [-0.1, -0.05) is 25.8 Å². The Morgan fingerprint density at radius 3 is 2.85 bits per heavy atom. The predicted octanol–water partition coefficient (Wildman–Crippen LogP) is 3.47. The van der Waals surface area contributed by atoms with Crippen LogP contribution in [-0.4, -0.2) is 28.2 Å². The number of nitrogens with one attached hydrogen (secondary N) is 1. The molecule has 0 saturated heterocycles. The van der Waals surface area contributed by atoms with Crippen molar-refractivity contribution in [2.24, 2.45) is 4.99 Å². The van der Waals surface area contributed by atoms with Crippen LogP contribution in [0.2, 0.25) is 0 Å². The first-order valence-corrected chi connectivity index (χ1v) is 6.84. The normalized spacial score (nSPS) is 10.2.